The van der Waals surface area contributed by atoms with Crippen LogP contribution in [-0.4, -0.2) is 32.7 Å². The number of rotatable bonds is 8. The molecule has 0 heterocycles. The lowest BCUT2D eigenvalue weighted by Crippen LogP contribution is -2.39. The lowest BCUT2D eigenvalue weighted by molar-refractivity contribution is 0.0965. The first-order valence-electron chi connectivity index (χ1n) is 10.8. The summed E-state index contributed by atoms with van der Waals surface area (Å²) >= 11 is 12.3. The van der Waals surface area contributed by atoms with Crippen molar-refractivity contribution in [3.05, 3.63) is 33.3 Å². The largest absolute Gasteiger partial charge is 0.387 e. The Morgan fingerprint density at radius 3 is 2.00 bits per heavy atom. The summed E-state index contributed by atoms with van der Waals surface area (Å²) < 4.78 is 14.4. The van der Waals surface area contributed by atoms with Gasteiger partial charge in [0.15, 0.2) is 0 Å². The summed E-state index contributed by atoms with van der Waals surface area (Å²) in [5, 5.41) is 14.1. The van der Waals surface area contributed by atoms with Crippen LogP contribution in [0.15, 0.2) is 12.1 Å². The zero-order valence-corrected chi connectivity index (χ0v) is 20.6. The van der Waals surface area contributed by atoms with E-state index in [-0.39, 0.29) is 21.9 Å². The van der Waals surface area contributed by atoms with Crippen molar-refractivity contribution in [3.8, 4) is 0 Å². The fourth-order valence-electron chi connectivity index (χ4n) is 3.79. The summed E-state index contributed by atoms with van der Waals surface area (Å²) in [5.41, 5.74) is 0.311. The molecule has 2 N–H and O–H groups in total. The third-order valence-electron chi connectivity index (χ3n) is 5.82. The molecular formula is C22H38Cl2FNOSi. The van der Waals surface area contributed by atoms with Gasteiger partial charge in [-0.2, -0.15) is 0 Å². The van der Waals surface area contributed by atoms with Gasteiger partial charge in [-0.1, -0.05) is 81.4 Å². The van der Waals surface area contributed by atoms with Crippen molar-refractivity contribution in [2.75, 3.05) is 13.1 Å². The van der Waals surface area contributed by atoms with Gasteiger partial charge in [-0.15, -0.1) is 0 Å². The Labute approximate surface area is 182 Å². The topological polar surface area (TPSA) is 32.3 Å². The highest BCUT2D eigenvalue weighted by atomic mass is 35.5. The highest BCUT2D eigenvalue weighted by Crippen LogP contribution is 2.33. The van der Waals surface area contributed by atoms with E-state index in [4.69, 9.17) is 23.2 Å². The lowest BCUT2D eigenvalue weighted by atomic mass is 9.86. The van der Waals surface area contributed by atoms with Gasteiger partial charge in [-0.3, -0.25) is 0 Å². The molecule has 6 heteroatoms. The third kappa shape index (κ3) is 8.70. The van der Waals surface area contributed by atoms with Crippen LogP contribution in [-0.2, 0) is 0 Å². The minimum atomic E-state index is -1.14. The Kier molecular flexibility index (Phi) is 12.2. The van der Waals surface area contributed by atoms with Crippen LogP contribution in [0.2, 0.25) is 28.2 Å². The van der Waals surface area contributed by atoms with Gasteiger partial charge in [0.1, 0.15) is 5.67 Å². The van der Waals surface area contributed by atoms with Crippen LogP contribution < -0.4 is 5.32 Å². The van der Waals surface area contributed by atoms with Gasteiger partial charge < -0.3 is 10.4 Å². The van der Waals surface area contributed by atoms with Gasteiger partial charge in [-0.25, -0.2) is 4.39 Å². The molecule has 0 aromatic heterocycles. The predicted molar refractivity (Wildman–Crippen MR) is 125 cm³/mol. The summed E-state index contributed by atoms with van der Waals surface area (Å²) in [5.74, 6) is 0. The maximum Gasteiger partial charge on any atom is 0.123 e. The Morgan fingerprint density at radius 2 is 1.57 bits per heavy atom. The lowest BCUT2D eigenvalue weighted by Gasteiger charge is -2.30. The van der Waals surface area contributed by atoms with Gasteiger partial charge in [0, 0.05) is 37.5 Å². The van der Waals surface area contributed by atoms with Gasteiger partial charge in [0.2, 0.25) is 0 Å². The maximum atomic E-state index is 14.4. The molecule has 1 aromatic rings. The van der Waals surface area contributed by atoms with Crippen molar-refractivity contribution < 1.29 is 9.50 Å². The highest BCUT2D eigenvalue weighted by molar-refractivity contribution is 6.58. The van der Waals surface area contributed by atoms with Gasteiger partial charge in [-0.05, 0) is 37.5 Å². The number of halogens is 3. The molecule has 0 saturated heterocycles. The fraction of sp³-hybridized carbons (Fsp3) is 0.727. The summed E-state index contributed by atoms with van der Waals surface area (Å²) in [7, 11) is -0.171. The van der Waals surface area contributed by atoms with Crippen molar-refractivity contribution in [1.29, 1.82) is 0 Å². The molecular weight excluding hydrogens is 412 g/mol. The van der Waals surface area contributed by atoms with E-state index in [1.54, 1.807) is 12.1 Å². The monoisotopic (exact) mass is 449 g/mol. The molecule has 1 aliphatic carbocycles. The molecule has 1 fully saturated rings. The van der Waals surface area contributed by atoms with Crippen molar-refractivity contribution in [3.63, 3.8) is 0 Å². The molecule has 0 radical (unpaired) electrons. The van der Waals surface area contributed by atoms with Gasteiger partial charge in [0.25, 0.3) is 0 Å². The predicted octanol–water partition coefficient (Wildman–Crippen LogP) is 6.87. The van der Waals surface area contributed by atoms with Crippen LogP contribution >= 0.6 is 23.2 Å². The molecule has 1 aromatic carbocycles. The summed E-state index contributed by atoms with van der Waals surface area (Å²) in [6.07, 6.45) is 3.36. The number of alkyl halides is 1. The molecule has 0 aliphatic heterocycles. The van der Waals surface area contributed by atoms with Crippen molar-refractivity contribution in [1.82, 2.24) is 5.32 Å². The summed E-state index contributed by atoms with van der Waals surface area (Å²) in [6.45, 7) is 9.37. The van der Waals surface area contributed by atoms with E-state index in [9.17, 15) is 9.50 Å². The zero-order valence-electron chi connectivity index (χ0n) is 18.0. The molecule has 0 spiro atoms. The Bertz CT molecular complexity index is 549. The summed E-state index contributed by atoms with van der Waals surface area (Å²) in [4.78, 5) is 0. The number of aliphatic hydroxyl groups is 1. The van der Waals surface area contributed by atoms with Crippen LogP contribution in [0.4, 0.5) is 4.39 Å². The molecule has 0 bridgehead atoms. The van der Waals surface area contributed by atoms with E-state index in [1.807, 2.05) is 6.92 Å². The number of nitrogens with one attached hydrogen (secondary N) is 1. The number of benzene rings is 1. The fourth-order valence-corrected chi connectivity index (χ4v) is 6.37. The van der Waals surface area contributed by atoms with Crippen LogP contribution in [0.3, 0.4) is 0 Å². The zero-order chi connectivity index (χ0) is 21.2. The van der Waals surface area contributed by atoms with Gasteiger partial charge in [0.05, 0.1) is 6.10 Å². The second-order valence-electron chi connectivity index (χ2n) is 8.09. The first-order chi connectivity index (χ1) is 13.3. The molecule has 28 heavy (non-hydrogen) atoms. The van der Waals surface area contributed by atoms with Crippen LogP contribution in [0.5, 0.6) is 0 Å². The molecule has 2 nitrogen and oxygen atoms in total. The van der Waals surface area contributed by atoms with Crippen molar-refractivity contribution in [2.45, 2.75) is 89.7 Å². The maximum absolute atomic E-state index is 14.4. The average Bonchev–Trinajstić information content (AvgIpc) is 2.63. The van der Waals surface area contributed by atoms with E-state index in [0.29, 0.717) is 28.5 Å². The molecule has 162 valence electrons. The van der Waals surface area contributed by atoms with E-state index in [2.05, 4.69) is 26.1 Å². The highest BCUT2D eigenvalue weighted by Gasteiger charge is 2.31. The molecule has 1 saturated carbocycles. The van der Waals surface area contributed by atoms with Crippen LogP contribution in [0.1, 0.15) is 70.1 Å². The number of hydrogen-bond donors (Lipinski definition) is 2. The average molecular weight is 451 g/mol. The molecule has 1 atom stereocenters. The molecule has 0 amide bonds. The van der Waals surface area contributed by atoms with Gasteiger partial charge >= 0.3 is 0 Å². The molecule has 1 aliphatic rings. The quantitative estimate of drug-likeness (QED) is 0.424. The van der Waals surface area contributed by atoms with Crippen LogP contribution in [0.25, 0.3) is 0 Å². The first kappa shape index (κ1) is 25.9. The van der Waals surface area contributed by atoms with Crippen molar-refractivity contribution >= 4 is 32.0 Å². The smallest absolute Gasteiger partial charge is 0.123 e. The standard InChI is InChI=1S/C16H22Cl2FNO.C6H16Si/c1-11-7-12(17)15(13(18)8-11)14(21)9-20-10-16(19)5-3-2-4-6-16;1-4-7(5-2)6-3/h7-8,14,20-21H,2-6,9-10H2,1H3;7H,4-6H2,1-3H3. The molecule has 2 rings (SSSR count). The Hall–Kier alpha value is -0.133. The second-order valence-corrected chi connectivity index (χ2v) is 13.1. The minimum Gasteiger partial charge on any atom is -0.387 e. The molecule has 1 unspecified atom stereocenters. The van der Waals surface area contributed by atoms with Crippen molar-refractivity contribution in [2.24, 2.45) is 0 Å². The van der Waals surface area contributed by atoms with E-state index >= 15 is 0 Å². The Morgan fingerprint density at radius 1 is 1.07 bits per heavy atom. The number of aryl methyl sites for hydroxylation is 1. The second kappa shape index (κ2) is 13.2. The number of hydrogen-bond acceptors (Lipinski definition) is 2. The minimum absolute atomic E-state index is 0.171. The van der Waals surface area contributed by atoms with E-state index < -0.39 is 11.8 Å². The summed E-state index contributed by atoms with van der Waals surface area (Å²) in [6, 6.07) is 8.01. The first-order valence-corrected chi connectivity index (χ1v) is 14.0. The third-order valence-corrected chi connectivity index (χ3v) is 9.91. The van der Waals surface area contributed by atoms with E-state index in [1.165, 1.54) is 18.1 Å². The Balaban J connectivity index is 0.000000480. The SMILES string of the molecule is CC[SiH](CC)CC.Cc1cc(Cl)c(C(O)CNCC2(F)CCCCC2)c(Cl)c1. The van der Waals surface area contributed by atoms with Crippen LogP contribution in [0, 0.1) is 6.92 Å². The number of aliphatic hydroxyl groups excluding tert-OH is 1. The van der Waals surface area contributed by atoms with E-state index in [0.717, 1.165) is 24.8 Å². The normalized spacial score (nSPS) is 17.2.